The van der Waals surface area contributed by atoms with Crippen LogP contribution in [0.3, 0.4) is 0 Å². The van der Waals surface area contributed by atoms with Crippen molar-refractivity contribution in [3.8, 4) is 11.3 Å². The molecule has 0 aliphatic carbocycles. The Kier molecular flexibility index (Phi) is 4.53. The first-order valence-electron chi connectivity index (χ1n) is 8.79. The topological polar surface area (TPSA) is 79.1 Å². The minimum absolute atomic E-state index is 0.363. The van der Waals surface area contributed by atoms with Gasteiger partial charge in [0.25, 0.3) is 6.01 Å². The van der Waals surface area contributed by atoms with E-state index in [-0.39, 0.29) is 0 Å². The molecular formula is C19H22N6O. The molecule has 7 nitrogen and oxygen atoms in total. The van der Waals surface area contributed by atoms with Gasteiger partial charge in [-0.1, -0.05) is 12.1 Å². The molecule has 0 saturated carbocycles. The van der Waals surface area contributed by atoms with Crippen LogP contribution in [-0.2, 0) is 0 Å². The molecule has 26 heavy (non-hydrogen) atoms. The lowest BCUT2D eigenvalue weighted by Crippen LogP contribution is -2.50. The van der Waals surface area contributed by atoms with E-state index in [1.165, 1.54) is 0 Å². The van der Waals surface area contributed by atoms with Crippen LogP contribution in [0.4, 0.5) is 17.7 Å². The molecule has 0 spiro atoms. The summed E-state index contributed by atoms with van der Waals surface area (Å²) in [6.07, 6.45) is 3.53. The van der Waals surface area contributed by atoms with Gasteiger partial charge < -0.3 is 20.0 Å². The van der Waals surface area contributed by atoms with Crippen LogP contribution in [0.1, 0.15) is 12.6 Å². The Morgan fingerprint density at radius 2 is 2.19 bits per heavy atom. The van der Waals surface area contributed by atoms with Crippen LogP contribution in [0.2, 0.25) is 0 Å². The summed E-state index contributed by atoms with van der Waals surface area (Å²) in [5.41, 5.74) is 2.79. The lowest BCUT2D eigenvalue weighted by atomic mass is 10.1. The zero-order valence-corrected chi connectivity index (χ0v) is 14.9. The van der Waals surface area contributed by atoms with Crippen LogP contribution in [0.5, 0.6) is 0 Å². The summed E-state index contributed by atoms with van der Waals surface area (Å²) >= 11 is 0. The van der Waals surface area contributed by atoms with E-state index in [4.69, 9.17) is 4.42 Å². The van der Waals surface area contributed by atoms with Crippen LogP contribution in [0.15, 0.2) is 47.1 Å². The molecule has 1 fully saturated rings. The van der Waals surface area contributed by atoms with Crippen LogP contribution in [0.25, 0.3) is 11.3 Å². The number of hydrogen-bond acceptors (Lipinski definition) is 7. The van der Waals surface area contributed by atoms with Crippen molar-refractivity contribution in [1.29, 1.82) is 0 Å². The number of nitrogens with one attached hydrogen (secondary N) is 2. The number of oxazole rings is 1. The van der Waals surface area contributed by atoms with Gasteiger partial charge in [-0.25, -0.2) is 15.0 Å². The van der Waals surface area contributed by atoms with E-state index in [2.05, 4.69) is 37.4 Å². The zero-order valence-electron chi connectivity index (χ0n) is 14.9. The molecule has 0 bridgehead atoms. The highest BCUT2D eigenvalue weighted by atomic mass is 16.4. The highest BCUT2D eigenvalue weighted by Gasteiger charge is 2.22. The Labute approximate surface area is 152 Å². The second-order valence-corrected chi connectivity index (χ2v) is 6.48. The first kappa shape index (κ1) is 16.5. The molecule has 2 aromatic heterocycles. The predicted octanol–water partition coefficient (Wildman–Crippen LogP) is 2.98. The summed E-state index contributed by atoms with van der Waals surface area (Å²) < 4.78 is 6.03. The van der Waals surface area contributed by atoms with Crippen LogP contribution >= 0.6 is 0 Å². The summed E-state index contributed by atoms with van der Waals surface area (Å²) in [4.78, 5) is 15.3. The molecule has 2 N–H and O–H groups in total. The number of hydrogen-bond donors (Lipinski definition) is 2. The molecule has 1 atom stereocenters. The van der Waals surface area contributed by atoms with E-state index in [0.717, 1.165) is 42.3 Å². The molecule has 3 heterocycles. The zero-order chi connectivity index (χ0) is 17.9. The van der Waals surface area contributed by atoms with Gasteiger partial charge in [0.2, 0.25) is 5.95 Å². The molecule has 1 aromatic carbocycles. The first-order chi connectivity index (χ1) is 12.7. The molecular weight excluding hydrogens is 328 g/mol. The van der Waals surface area contributed by atoms with Crippen LogP contribution < -0.4 is 15.5 Å². The lowest BCUT2D eigenvalue weighted by molar-refractivity contribution is 0.450. The van der Waals surface area contributed by atoms with Crippen molar-refractivity contribution in [2.24, 2.45) is 0 Å². The fourth-order valence-corrected chi connectivity index (χ4v) is 3.04. The molecule has 134 valence electrons. The number of rotatable bonds is 4. The fourth-order valence-electron chi connectivity index (χ4n) is 3.04. The summed E-state index contributed by atoms with van der Waals surface area (Å²) in [6.45, 7) is 6.89. The van der Waals surface area contributed by atoms with Crippen LogP contribution in [0, 0.1) is 6.92 Å². The van der Waals surface area contributed by atoms with Crippen LogP contribution in [-0.4, -0.2) is 40.6 Å². The monoisotopic (exact) mass is 350 g/mol. The molecule has 3 aromatic rings. The van der Waals surface area contributed by atoms with Gasteiger partial charge in [0, 0.05) is 48.8 Å². The van der Waals surface area contributed by atoms with Gasteiger partial charge in [-0.05, 0) is 32.0 Å². The predicted molar refractivity (Wildman–Crippen MR) is 102 cm³/mol. The van der Waals surface area contributed by atoms with Gasteiger partial charge in [-0.15, -0.1) is 0 Å². The van der Waals surface area contributed by atoms with E-state index in [0.29, 0.717) is 18.0 Å². The highest BCUT2D eigenvalue weighted by molar-refractivity contribution is 5.66. The molecule has 4 rings (SSSR count). The van der Waals surface area contributed by atoms with E-state index in [1.54, 1.807) is 12.4 Å². The second kappa shape index (κ2) is 7.13. The maximum atomic E-state index is 6.03. The Morgan fingerprint density at radius 1 is 1.27 bits per heavy atom. The summed E-state index contributed by atoms with van der Waals surface area (Å²) in [6, 6.07) is 10.9. The minimum Gasteiger partial charge on any atom is -0.423 e. The van der Waals surface area contributed by atoms with Crippen molar-refractivity contribution in [2.75, 3.05) is 29.9 Å². The number of aromatic nitrogens is 3. The number of aryl methyl sites for hydroxylation is 1. The molecule has 0 amide bonds. The number of piperazine rings is 1. The number of benzene rings is 1. The first-order valence-corrected chi connectivity index (χ1v) is 8.79. The third kappa shape index (κ3) is 3.52. The standard InChI is InChI=1S/C19H22N6O/c1-13-6-7-21-18(23-13)24-16-5-3-4-15(10-16)17-12-22-19(26-17)25-9-8-20-11-14(25)2/h3-7,10,12,14,20H,8-9,11H2,1-2H3,(H,21,23,24)/t14-/m0/s1. The summed E-state index contributed by atoms with van der Waals surface area (Å²) in [7, 11) is 0. The third-order valence-electron chi connectivity index (χ3n) is 4.44. The smallest absolute Gasteiger partial charge is 0.298 e. The van der Waals surface area contributed by atoms with Crippen molar-refractivity contribution in [3.05, 3.63) is 48.4 Å². The summed E-state index contributed by atoms with van der Waals surface area (Å²) in [5, 5.41) is 6.61. The van der Waals surface area contributed by atoms with Gasteiger partial charge in [0.1, 0.15) is 0 Å². The van der Waals surface area contributed by atoms with Crippen molar-refractivity contribution >= 4 is 17.7 Å². The van der Waals surface area contributed by atoms with Crippen molar-refractivity contribution in [1.82, 2.24) is 20.3 Å². The molecule has 1 aliphatic rings. The van der Waals surface area contributed by atoms with Crippen molar-refractivity contribution < 1.29 is 4.42 Å². The van der Waals surface area contributed by atoms with Crippen molar-refractivity contribution in [2.45, 2.75) is 19.9 Å². The number of nitrogens with zero attached hydrogens (tertiary/aromatic N) is 4. The Hall–Kier alpha value is -2.93. The molecule has 0 unspecified atom stereocenters. The number of anilines is 3. The molecule has 1 aliphatic heterocycles. The van der Waals surface area contributed by atoms with Gasteiger partial charge in [0.15, 0.2) is 5.76 Å². The SMILES string of the molecule is Cc1ccnc(Nc2cccc(-c3cnc(N4CCNC[C@@H]4C)o3)c2)n1. The quantitative estimate of drug-likeness (QED) is 0.749. The van der Waals surface area contributed by atoms with Gasteiger partial charge in [0.05, 0.1) is 6.20 Å². The van der Waals surface area contributed by atoms with E-state index in [1.807, 2.05) is 37.3 Å². The maximum Gasteiger partial charge on any atom is 0.298 e. The van der Waals surface area contributed by atoms with E-state index >= 15 is 0 Å². The Morgan fingerprint density at radius 3 is 3.04 bits per heavy atom. The van der Waals surface area contributed by atoms with Gasteiger partial charge in [-0.3, -0.25) is 0 Å². The molecule has 1 saturated heterocycles. The third-order valence-corrected chi connectivity index (χ3v) is 4.44. The van der Waals surface area contributed by atoms with Gasteiger partial charge >= 0.3 is 0 Å². The summed E-state index contributed by atoms with van der Waals surface area (Å²) in [5.74, 6) is 1.33. The average Bonchev–Trinajstić information content (AvgIpc) is 3.12. The van der Waals surface area contributed by atoms with Gasteiger partial charge in [-0.2, -0.15) is 0 Å². The Balaban J connectivity index is 1.55. The lowest BCUT2D eigenvalue weighted by Gasteiger charge is -2.32. The highest BCUT2D eigenvalue weighted by Crippen LogP contribution is 2.28. The normalized spacial score (nSPS) is 17.3. The van der Waals surface area contributed by atoms with E-state index < -0.39 is 0 Å². The maximum absolute atomic E-state index is 6.03. The van der Waals surface area contributed by atoms with E-state index in [9.17, 15) is 0 Å². The average molecular weight is 350 g/mol. The molecule has 7 heteroatoms. The minimum atomic E-state index is 0.363. The Bertz CT molecular complexity index is 893. The van der Waals surface area contributed by atoms with Crippen molar-refractivity contribution in [3.63, 3.8) is 0 Å². The largest absolute Gasteiger partial charge is 0.423 e. The second-order valence-electron chi connectivity index (χ2n) is 6.48. The molecule has 0 radical (unpaired) electrons. The fraction of sp³-hybridized carbons (Fsp3) is 0.316.